The molecule has 4 rings (SSSR count). The second kappa shape index (κ2) is 9.18. The molecular weight excluding hydrogens is 477 g/mol. The average Bonchev–Trinajstić information content (AvgIpc) is 3.14. The standard InChI is InChI=1S/C22H18ClF3N4O2.H2S/c1-12-7-14(9-19(23)28-12)18(31)8-15-10-27-30-13(2)11-29(21(32)20(15)30)17-5-3-16(4-6-17)22(24,25)26;/h3-7,9-10,13H,8,11H2,1-2H3;1H2/t13-;/m0./s1. The Morgan fingerprint density at radius 1 is 1.21 bits per heavy atom. The molecule has 2 aromatic heterocycles. The molecule has 0 fully saturated rings. The maximum absolute atomic E-state index is 13.3. The van der Waals surface area contributed by atoms with Gasteiger partial charge in [0.05, 0.1) is 17.8 Å². The first-order valence-corrected chi connectivity index (χ1v) is 10.2. The fraction of sp³-hybridized carbons (Fsp3) is 0.273. The third kappa shape index (κ3) is 4.91. The number of hydrogen-bond donors (Lipinski definition) is 0. The van der Waals surface area contributed by atoms with Crippen LogP contribution in [0.2, 0.25) is 5.15 Å². The van der Waals surface area contributed by atoms with Crippen LogP contribution in [0.5, 0.6) is 0 Å². The first kappa shape index (κ1) is 24.8. The Bertz CT molecular complexity index is 1190. The largest absolute Gasteiger partial charge is 0.416 e. The van der Waals surface area contributed by atoms with Gasteiger partial charge in [0.15, 0.2) is 5.78 Å². The first-order valence-electron chi connectivity index (χ1n) is 9.77. The predicted octanol–water partition coefficient (Wildman–Crippen LogP) is 5.02. The third-order valence-corrected chi connectivity index (χ3v) is 5.48. The summed E-state index contributed by atoms with van der Waals surface area (Å²) in [6.45, 7) is 3.81. The number of anilines is 1. The van der Waals surface area contributed by atoms with Gasteiger partial charge in [-0.1, -0.05) is 11.6 Å². The molecule has 3 heterocycles. The SMILES string of the molecule is Cc1cc(C(=O)Cc2cnn3c2C(=O)N(c2ccc(C(F)(F)F)cc2)C[C@@H]3C)cc(Cl)n1.S. The number of aryl methyl sites for hydroxylation is 1. The molecule has 0 saturated carbocycles. The van der Waals surface area contributed by atoms with E-state index in [1.54, 1.807) is 17.7 Å². The number of carbonyl (C=O) groups excluding carboxylic acids is 2. The molecule has 174 valence electrons. The molecule has 0 unspecified atom stereocenters. The molecule has 1 aromatic carbocycles. The van der Waals surface area contributed by atoms with Crippen molar-refractivity contribution in [1.29, 1.82) is 0 Å². The smallest absolute Gasteiger partial charge is 0.305 e. The Morgan fingerprint density at radius 3 is 2.48 bits per heavy atom. The maximum atomic E-state index is 13.3. The molecule has 0 spiro atoms. The lowest BCUT2D eigenvalue weighted by atomic mass is 10.0. The molecule has 11 heteroatoms. The topological polar surface area (TPSA) is 68.1 Å². The van der Waals surface area contributed by atoms with Crippen LogP contribution in [0.1, 0.15) is 50.6 Å². The Hall–Kier alpha value is -2.85. The summed E-state index contributed by atoms with van der Waals surface area (Å²) in [5.74, 6) is -0.674. The lowest BCUT2D eigenvalue weighted by molar-refractivity contribution is -0.137. The molecular formula is C22H20ClF3N4O2S. The lowest BCUT2D eigenvalue weighted by Crippen LogP contribution is -2.43. The molecule has 1 atom stereocenters. The Labute approximate surface area is 199 Å². The molecule has 6 nitrogen and oxygen atoms in total. The first-order chi connectivity index (χ1) is 15.0. The number of hydrogen-bond acceptors (Lipinski definition) is 4. The maximum Gasteiger partial charge on any atom is 0.416 e. The van der Waals surface area contributed by atoms with Crippen molar-refractivity contribution >= 4 is 42.5 Å². The van der Waals surface area contributed by atoms with Crippen molar-refractivity contribution in [1.82, 2.24) is 14.8 Å². The van der Waals surface area contributed by atoms with E-state index in [0.717, 1.165) is 12.1 Å². The second-order valence-electron chi connectivity index (χ2n) is 7.69. The van der Waals surface area contributed by atoms with E-state index < -0.39 is 17.6 Å². The van der Waals surface area contributed by atoms with E-state index in [1.807, 2.05) is 6.92 Å². The van der Waals surface area contributed by atoms with E-state index in [2.05, 4.69) is 10.1 Å². The highest BCUT2D eigenvalue weighted by Gasteiger charge is 2.35. The van der Waals surface area contributed by atoms with Crippen LogP contribution in [0.25, 0.3) is 0 Å². The molecule has 0 radical (unpaired) electrons. The van der Waals surface area contributed by atoms with Crippen LogP contribution in [0.3, 0.4) is 0 Å². The van der Waals surface area contributed by atoms with Gasteiger partial charge in [-0.15, -0.1) is 0 Å². The molecule has 1 aliphatic rings. The molecule has 3 aromatic rings. The van der Waals surface area contributed by atoms with Gasteiger partial charge in [0.2, 0.25) is 0 Å². The van der Waals surface area contributed by atoms with Crippen LogP contribution < -0.4 is 4.90 Å². The second-order valence-corrected chi connectivity index (χ2v) is 8.08. The van der Waals surface area contributed by atoms with Crippen LogP contribution in [0, 0.1) is 6.92 Å². The number of halogens is 4. The number of aromatic nitrogens is 3. The molecule has 0 saturated heterocycles. The number of alkyl halides is 3. The monoisotopic (exact) mass is 496 g/mol. The zero-order valence-electron chi connectivity index (χ0n) is 17.7. The highest BCUT2D eigenvalue weighted by molar-refractivity contribution is 7.59. The zero-order valence-corrected chi connectivity index (χ0v) is 19.4. The van der Waals surface area contributed by atoms with E-state index in [9.17, 15) is 22.8 Å². The Kier molecular flexibility index (Phi) is 6.90. The molecule has 0 bridgehead atoms. The summed E-state index contributed by atoms with van der Waals surface area (Å²) in [4.78, 5) is 31.5. The van der Waals surface area contributed by atoms with Gasteiger partial charge in [-0.3, -0.25) is 14.3 Å². The van der Waals surface area contributed by atoms with Crippen LogP contribution in [-0.2, 0) is 12.6 Å². The van der Waals surface area contributed by atoms with Gasteiger partial charge >= 0.3 is 6.18 Å². The number of ketones is 1. The lowest BCUT2D eigenvalue weighted by Gasteiger charge is -2.32. The number of carbonyl (C=O) groups is 2. The number of Topliss-reactive ketones (excluding diaryl/α,β-unsaturated/α-hetero) is 1. The Balaban J connectivity index is 0.00000306. The molecule has 0 N–H and O–H groups in total. The minimum Gasteiger partial charge on any atom is -0.305 e. The van der Waals surface area contributed by atoms with E-state index >= 15 is 0 Å². The minimum atomic E-state index is -4.46. The van der Waals surface area contributed by atoms with E-state index in [0.29, 0.717) is 22.5 Å². The van der Waals surface area contributed by atoms with Crippen molar-refractivity contribution in [2.24, 2.45) is 0 Å². The number of nitrogens with zero attached hydrogens (tertiary/aromatic N) is 4. The molecule has 33 heavy (non-hydrogen) atoms. The van der Waals surface area contributed by atoms with Gasteiger partial charge in [-0.2, -0.15) is 31.8 Å². The summed E-state index contributed by atoms with van der Waals surface area (Å²) in [7, 11) is 0. The highest BCUT2D eigenvalue weighted by atomic mass is 35.5. The van der Waals surface area contributed by atoms with Crippen LogP contribution in [0.4, 0.5) is 18.9 Å². The molecule has 0 aliphatic carbocycles. The summed E-state index contributed by atoms with van der Waals surface area (Å²) in [5.41, 5.74) is 1.20. The van der Waals surface area contributed by atoms with Crippen molar-refractivity contribution in [3.8, 4) is 0 Å². The summed E-state index contributed by atoms with van der Waals surface area (Å²) >= 11 is 5.95. The highest BCUT2D eigenvalue weighted by Crippen LogP contribution is 2.33. The van der Waals surface area contributed by atoms with Crippen LogP contribution in [-0.4, -0.2) is 33.0 Å². The fourth-order valence-corrected chi connectivity index (χ4v) is 4.02. The quantitative estimate of drug-likeness (QED) is 0.376. The normalized spacial score (nSPS) is 15.8. The average molecular weight is 497 g/mol. The van der Waals surface area contributed by atoms with E-state index in [1.165, 1.54) is 29.3 Å². The number of amides is 1. The van der Waals surface area contributed by atoms with Crippen molar-refractivity contribution in [2.75, 3.05) is 11.4 Å². The van der Waals surface area contributed by atoms with E-state index in [4.69, 9.17) is 11.6 Å². The zero-order chi connectivity index (χ0) is 23.2. The summed E-state index contributed by atoms with van der Waals surface area (Å²) in [6.07, 6.45) is -3.06. The summed E-state index contributed by atoms with van der Waals surface area (Å²) < 4.78 is 40.2. The minimum absolute atomic E-state index is 0. The van der Waals surface area contributed by atoms with Crippen molar-refractivity contribution in [2.45, 2.75) is 32.5 Å². The summed E-state index contributed by atoms with van der Waals surface area (Å²) in [6, 6.07) is 7.28. The van der Waals surface area contributed by atoms with Crippen molar-refractivity contribution in [3.05, 3.63) is 75.8 Å². The number of rotatable bonds is 4. The van der Waals surface area contributed by atoms with Gasteiger partial charge in [0.1, 0.15) is 10.8 Å². The third-order valence-electron chi connectivity index (χ3n) is 5.28. The van der Waals surface area contributed by atoms with Crippen LogP contribution >= 0.6 is 25.1 Å². The number of fused-ring (bicyclic) bond motifs is 1. The van der Waals surface area contributed by atoms with Crippen molar-refractivity contribution < 1.29 is 22.8 Å². The van der Waals surface area contributed by atoms with Gasteiger partial charge in [-0.25, -0.2) is 4.98 Å². The van der Waals surface area contributed by atoms with Gasteiger partial charge in [-0.05, 0) is 50.2 Å². The number of benzene rings is 1. The van der Waals surface area contributed by atoms with Gasteiger partial charge in [0, 0.05) is 35.5 Å². The van der Waals surface area contributed by atoms with Crippen molar-refractivity contribution in [3.63, 3.8) is 0 Å². The molecule has 1 amide bonds. The summed E-state index contributed by atoms with van der Waals surface area (Å²) in [5, 5.41) is 4.47. The van der Waals surface area contributed by atoms with Crippen LogP contribution in [0.15, 0.2) is 42.6 Å². The number of pyridine rings is 1. The fourth-order valence-electron chi connectivity index (χ4n) is 3.77. The Morgan fingerprint density at radius 2 is 1.88 bits per heavy atom. The van der Waals surface area contributed by atoms with Gasteiger partial charge in [0.25, 0.3) is 5.91 Å². The predicted molar refractivity (Wildman–Crippen MR) is 122 cm³/mol. The van der Waals surface area contributed by atoms with Gasteiger partial charge < -0.3 is 4.90 Å². The van der Waals surface area contributed by atoms with E-state index in [-0.39, 0.29) is 49.1 Å². The molecule has 1 aliphatic heterocycles.